The lowest BCUT2D eigenvalue weighted by Gasteiger charge is -2.22. The molecule has 1 heterocycles. The Labute approximate surface area is 164 Å². The summed E-state index contributed by atoms with van der Waals surface area (Å²) in [5.41, 5.74) is 4.27. The van der Waals surface area contributed by atoms with Gasteiger partial charge < -0.3 is 4.98 Å². The van der Waals surface area contributed by atoms with E-state index in [1.54, 1.807) is 5.56 Å². The fourth-order valence-electron chi connectivity index (χ4n) is 4.63. The van der Waals surface area contributed by atoms with Crippen LogP contribution in [-0.2, 0) is 12.8 Å². The number of aromatic amines is 1. The van der Waals surface area contributed by atoms with Gasteiger partial charge in [0, 0.05) is 21.6 Å². The van der Waals surface area contributed by atoms with Crippen molar-refractivity contribution in [2.75, 3.05) is 0 Å². The van der Waals surface area contributed by atoms with Gasteiger partial charge in [-0.2, -0.15) is 0 Å². The first-order valence-corrected chi connectivity index (χ1v) is 11.4. The van der Waals surface area contributed by atoms with Crippen molar-refractivity contribution in [2.45, 2.75) is 96.8 Å². The molecule has 1 unspecified atom stereocenters. The summed E-state index contributed by atoms with van der Waals surface area (Å²) in [7, 11) is 0. The van der Waals surface area contributed by atoms with Gasteiger partial charge in [0.05, 0.1) is 0 Å². The van der Waals surface area contributed by atoms with Gasteiger partial charge in [0.1, 0.15) is 0 Å². The molecule has 2 aromatic rings. The van der Waals surface area contributed by atoms with E-state index in [9.17, 15) is 0 Å². The molecule has 1 aromatic carbocycles. The molecular weight excluding hydrogens is 338 g/mol. The highest BCUT2D eigenvalue weighted by Gasteiger charge is 2.22. The highest BCUT2D eigenvalue weighted by molar-refractivity contribution is 6.31. The molecule has 1 aromatic heterocycles. The van der Waals surface area contributed by atoms with Gasteiger partial charge in [0.15, 0.2) is 0 Å². The Kier molecular flexibility index (Phi) is 7.92. The molecule has 1 aliphatic rings. The monoisotopic (exact) mass is 373 g/mol. The van der Waals surface area contributed by atoms with Crippen LogP contribution in [0.2, 0.25) is 5.02 Å². The fraction of sp³-hybridized carbons (Fsp3) is 0.667. The molecule has 2 heteroatoms. The van der Waals surface area contributed by atoms with Crippen LogP contribution in [0, 0.1) is 5.92 Å². The van der Waals surface area contributed by atoms with Gasteiger partial charge in [0.2, 0.25) is 0 Å². The molecule has 0 saturated carbocycles. The van der Waals surface area contributed by atoms with Crippen molar-refractivity contribution in [1.29, 1.82) is 0 Å². The van der Waals surface area contributed by atoms with E-state index in [1.807, 2.05) is 6.07 Å². The zero-order valence-corrected chi connectivity index (χ0v) is 17.3. The lowest BCUT2D eigenvalue weighted by atomic mass is 9.83. The highest BCUT2D eigenvalue weighted by atomic mass is 35.5. The second-order valence-electron chi connectivity index (χ2n) is 8.35. The standard InChI is InChI=1S/C24H36ClN/c1-2-3-4-5-6-7-8-9-10-11-12-19-13-15-23-21(17-19)22-18-20(25)14-16-24(22)26-23/h14,16,18-19,26H,2-13,15,17H2,1H3. The number of halogens is 1. The first-order valence-electron chi connectivity index (χ1n) is 11.1. The average Bonchev–Trinajstić information content (AvgIpc) is 3.00. The Morgan fingerprint density at radius 1 is 0.962 bits per heavy atom. The molecule has 0 saturated heterocycles. The van der Waals surface area contributed by atoms with E-state index in [0.717, 1.165) is 10.9 Å². The first kappa shape index (κ1) is 19.8. The first-order chi connectivity index (χ1) is 12.8. The molecule has 0 bridgehead atoms. The van der Waals surface area contributed by atoms with Gasteiger partial charge in [-0.1, -0.05) is 89.2 Å². The Balaban J connectivity index is 1.34. The number of benzene rings is 1. The van der Waals surface area contributed by atoms with E-state index in [0.29, 0.717) is 0 Å². The van der Waals surface area contributed by atoms with Crippen LogP contribution in [0.25, 0.3) is 10.9 Å². The van der Waals surface area contributed by atoms with Gasteiger partial charge in [-0.05, 0) is 48.9 Å². The van der Waals surface area contributed by atoms with Crippen LogP contribution >= 0.6 is 11.6 Å². The van der Waals surface area contributed by atoms with E-state index in [-0.39, 0.29) is 0 Å². The number of unbranched alkanes of at least 4 members (excludes halogenated alkanes) is 9. The number of aromatic nitrogens is 1. The predicted molar refractivity (Wildman–Crippen MR) is 115 cm³/mol. The second-order valence-corrected chi connectivity index (χ2v) is 8.79. The summed E-state index contributed by atoms with van der Waals surface area (Å²) in [6.45, 7) is 2.29. The van der Waals surface area contributed by atoms with Crippen molar-refractivity contribution in [1.82, 2.24) is 4.98 Å². The maximum atomic E-state index is 6.22. The molecule has 1 N–H and O–H groups in total. The van der Waals surface area contributed by atoms with Crippen molar-refractivity contribution in [3.8, 4) is 0 Å². The SMILES string of the molecule is CCCCCCCCCCCCC1CCc2[nH]c3ccc(Cl)cc3c2C1. The smallest absolute Gasteiger partial charge is 0.0460 e. The number of aryl methyl sites for hydroxylation is 1. The molecule has 26 heavy (non-hydrogen) atoms. The van der Waals surface area contributed by atoms with Crippen LogP contribution in [0.1, 0.15) is 95.2 Å². The summed E-state index contributed by atoms with van der Waals surface area (Å²) in [6.07, 6.45) is 19.5. The summed E-state index contributed by atoms with van der Waals surface area (Å²) >= 11 is 6.22. The van der Waals surface area contributed by atoms with Gasteiger partial charge in [-0.25, -0.2) is 0 Å². The molecule has 1 atom stereocenters. The van der Waals surface area contributed by atoms with Crippen LogP contribution in [0.5, 0.6) is 0 Å². The minimum atomic E-state index is 0.858. The molecule has 1 nitrogen and oxygen atoms in total. The zero-order chi connectivity index (χ0) is 18.2. The summed E-state index contributed by atoms with van der Waals surface area (Å²) in [5.74, 6) is 0.870. The fourth-order valence-corrected chi connectivity index (χ4v) is 4.80. The van der Waals surface area contributed by atoms with Crippen molar-refractivity contribution >= 4 is 22.5 Å². The van der Waals surface area contributed by atoms with E-state index in [2.05, 4.69) is 24.0 Å². The maximum absolute atomic E-state index is 6.22. The Morgan fingerprint density at radius 2 is 1.65 bits per heavy atom. The summed E-state index contributed by atoms with van der Waals surface area (Å²) in [4.78, 5) is 3.61. The Morgan fingerprint density at radius 3 is 2.38 bits per heavy atom. The molecule has 0 fully saturated rings. The average molecular weight is 374 g/mol. The van der Waals surface area contributed by atoms with E-state index < -0.39 is 0 Å². The largest absolute Gasteiger partial charge is 0.358 e. The van der Waals surface area contributed by atoms with Crippen LogP contribution in [0.15, 0.2) is 18.2 Å². The third-order valence-corrected chi connectivity index (χ3v) is 6.45. The third kappa shape index (κ3) is 5.52. The molecule has 3 rings (SSSR count). The number of nitrogens with one attached hydrogen (secondary N) is 1. The minimum Gasteiger partial charge on any atom is -0.358 e. The minimum absolute atomic E-state index is 0.858. The van der Waals surface area contributed by atoms with E-state index in [4.69, 9.17) is 11.6 Å². The van der Waals surface area contributed by atoms with Gasteiger partial charge >= 0.3 is 0 Å². The third-order valence-electron chi connectivity index (χ3n) is 6.22. The van der Waals surface area contributed by atoms with Crippen LogP contribution in [0.3, 0.4) is 0 Å². The van der Waals surface area contributed by atoms with E-state index in [1.165, 1.54) is 106 Å². The highest BCUT2D eigenvalue weighted by Crippen LogP contribution is 2.35. The van der Waals surface area contributed by atoms with Gasteiger partial charge in [0.25, 0.3) is 0 Å². The van der Waals surface area contributed by atoms with Crippen LogP contribution < -0.4 is 0 Å². The van der Waals surface area contributed by atoms with Crippen molar-refractivity contribution < 1.29 is 0 Å². The maximum Gasteiger partial charge on any atom is 0.0460 e. The lowest BCUT2D eigenvalue weighted by Crippen LogP contribution is -2.13. The quantitative estimate of drug-likeness (QED) is 0.381. The number of rotatable bonds is 11. The number of H-pyrrole nitrogens is 1. The van der Waals surface area contributed by atoms with Crippen LogP contribution in [-0.4, -0.2) is 4.98 Å². The molecule has 1 aliphatic carbocycles. The molecule has 0 spiro atoms. The summed E-state index contributed by atoms with van der Waals surface area (Å²) < 4.78 is 0. The van der Waals surface area contributed by atoms with Crippen molar-refractivity contribution in [2.24, 2.45) is 5.92 Å². The molecule has 0 aliphatic heterocycles. The van der Waals surface area contributed by atoms with Crippen molar-refractivity contribution in [3.05, 3.63) is 34.5 Å². The number of hydrogen-bond donors (Lipinski definition) is 1. The second kappa shape index (κ2) is 10.4. The Bertz CT molecular complexity index is 672. The molecule has 0 amide bonds. The topological polar surface area (TPSA) is 15.8 Å². The van der Waals surface area contributed by atoms with Gasteiger partial charge in [-0.3, -0.25) is 0 Å². The molecule has 144 valence electrons. The number of fused-ring (bicyclic) bond motifs is 3. The normalized spacial score (nSPS) is 16.9. The van der Waals surface area contributed by atoms with Crippen molar-refractivity contribution in [3.63, 3.8) is 0 Å². The Hall–Kier alpha value is -0.950. The molecular formula is C24H36ClN. The van der Waals surface area contributed by atoms with E-state index >= 15 is 0 Å². The summed E-state index contributed by atoms with van der Waals surface area (Å²) in [6, 6.07) is 6.27. The predicted octanol–water partition coefficient (Wildman–Crippen LogP) is 8.24. The zero-order valence-electron chi connectivity index (χ0n) is 16.6. The van der Waals surface area contributed by atoms with Crippen LogP contribution in [0.4, 0.5) is 0 Å². The van der Waals surface area contributed by atoms with Gasteiger partial charge in [-0.15, -0.1) is 0 Å². The summed E-state index contributed by atoms with van der Waals surface area (Å²) in [5, 5.41) is 2.22. The lowest BCUT2D eigenvalue weighted by molar-refractivity contribution is 0.403. The number of hydrogen-bond acceptors (Lipinski definition) is 0. The molecule has 0 radical (unpaired) electrons.